The zero-order valence-electron chi connectivity index (χ0n) is 12.2. The standard InChI is InChI=1S/C16H25NO3/c1-18-9-10-19-11-12-20-16(13-17-15-7-8-15)14-5-3-2-4-6-14/h2-6,15-17H,7-13H2,1H3. The molecule has 0 bridgehead atoms. The summed E-state index contributed by atoms with van der Waals surface area (Å²) >= 11 is 0. The van der Waals surface area contributed by atoms with Gasteiger partial charge in [0, 0.05) is 19.7 Å². The maximum Gasteiger partial charge on any atom is 0.0950 e. The molecule has 1 saturated carbocycles. The Morgan fingerprint density at radius 2 is 1.85 bits per heavy atom. The van der Waals surface area contributed by atoms with E-state index in [1.165, 1.54) is 18.4 Å². The average Bonchev–Trinajstić information content (AvgIpc) is 3.31. The van der Waals surface area contributed by atoms with Crippen LogP contribution in [-0.4, -0.2) is 46.1 Å². The second-order valence-electron chi connectivity index (χ2n) is 5.06. The molecule has 1 atom stereocenters. The minimum Gasteiger partial charge on any atom is -0.382 e. The maximum atomic E-state index is 5.96. The van der Waals surface area contributed by atoms with E-state index in [4.69, 9.17) is 14.2 Å². The summed E-state index contributed by atoms with van der Waals surface area (Å²) < 4.78 is 16.3. The number of rotatable bonds is 11. The average molecular weight is 279 g/mol. The quantitative estimate of drug-likeness (QED) is 0.630. The molecule has 112 valence electrons. The number of hydrogen-bond acceptors (Lipinski definition) is 4. The van der Waals surface area contributed by atoms with Crippen LogP contribution in [0.3, 0.4) is 0 Å². The lowest BCUT2D eigenvalue weighted by atomic mass is 10.1. The highest BCUT2D eigenvalue weighted by Crippen LogP contribution is 2.22. The molecule has 2 rings (SSSR count). The first-order valence-electron chi connectivity index (χ1n) is 7.36. The van der Waals surface area contributed by atoms with Gasteiger partial charge in [0.2, 0.25) is 0 Å². The fourth-order valence-electron chi connectivity index (χ4n) is 2.00. The summed E-state index contributed by atoms with van der Waals surface area (Å²) in [5.74, 6) is 0. The maximum absolute atomic E-state index is 5.96. The van der Waals surface area contributed by atoms with E-state index in [0.717, 1.165) is 6.54 Å². The van der Waals surface area contributed by atoms with Crippen molar-refractivity contribution in [1.29, 1.82) is 0 Å². The summed E-state index contributed by atoms with van der Waals surface area (Å²) in [4.78, 5) is 0. The van der Waals surface area contributed by atoms with Crippen molar-refractivity contribution in [2.45, 2.75) is 25.0 Å². The van der Waals surface area contributed by atoms with Crippen LogP contribution in [0.15, 0.2) is 30.3 Å². The van der Waals surface area contributed by atoms with E-state index in [0.29, 0.717) is 32.5 Å². The molecule has 20 heavy (non-hydrogen) atoms. The summed E-state index contributed by atoms with van der Waals surface area (Å²) in [5, 5.41) is 3.53. The summed E-state index contributed by atoms with van der Waals surface area (Å²) in [6.45, 7) is 3.33. The Morgan fingerprint density at radius 1 is 1.10 bits per heavy atom. The van der Waals surface area contributed by atoms with Gasteiger partial charge in [0.25, 0.3) is 0 Å². The third kappa shape index (κ3) is 6.01. The summed E-state index contributed by atoms with van der Waals surface area (Å²) in [7, 11) is 1.68. The van der Waals surface area contributed by atoms with Gasteiger partial charge >= 0.3 is 0 Å². The van der Waals surface area contributed by atoms with Crippen molar-refractivity contribution in [2.24, 2.45) is 0 Å². The Bertz CT molecular complexity index is 354. The van der Waals surface area contributed by atoms with Crippen LogP contribution < -0.4 is 5.32 Å². The summed E-state index contributed by atoms with van der Waals surface area (Å²) in [6.07, 6.45) is 2.69. The molecule has 1 aromatic carbocycles. The zero-order chi connectivity index (χ0) is 14.0. The molecule has 1 N–H and O–H groups in total. The van der Waals surface area contributed by atoms with Crippen molar-refractivity contribution >= 4 is 0 Å². The van der Waals surface area contributed by atoms with Gasteiger partial charge in [-0.15, -0.1) is 0 Å². The van der Waals surface area contributed by atoms with Crippen LogP contribution in [-0.2, 0) is 14.2 Å². The molecule has 0 heterocycles. The van der Waals surface area contributed by atoms with Crippen LogP contribution in [0.2, 0.25) is 0 Å². The Hall–Kier alpha value is -0.940. The molecule has 1 aliphatic rings. The van der Waals surface area contributed by atoms with Crippen LogP contribution in [0.25, 0.3) is 0 Å². The molecule has 0 aliphatic heterocycles. The van der Waals surface area contributed by atoms with Crippen LogP contribution in [0.5, 0.6) is 0 Å². The number of benzene rings is 1. The van der Waals surface area contributed by atoms with E-state index in [1.807, 2.05) is 6.07 Å². The lowest BCUT2D eigenvalue weighted by Crippen LogP contribution is -2.26. The van der Waals surface area contributed by atoms with E-state index in [9.17, 15) is 0 Å². The third-order valence-corrected chi connectivity index (χ3v) is 3.32. The van der Waals surface area contributed by atoms with Crippen molar-refractivity contribution in [2.75, 3.05) is 40.1 Å². The van der Waals surface area contributed by atoms with Crippen LogP contribution in [0, 0.1) is 0 Å². The lowest BCUT2D eigenvalue weighted by Gasteiger charge is -2.19. The van der Waals surface area contributed by atoms with Gasteiger partial charge < -0.3 is 19.5 Å². The molecular formula is C16H25NO3. The van der Waals surface area contributed by atoms with Gasteiger partial charge in [-0.2, -0.15) is 0 Å². The Kier molecular flexibility index (Phi) is 7.01. The molecule has 0 spiro atoms. The van der Waals surface area contributed by atoms with Crippen molar-refractivity contribution in [1.82, 2.24) is 5.32 Å². The Labute approximate surface area is 121 Å². The normalized spacial score (nSPS) is 16.2. The smallest absolute Gasteiger partial charge is 0.0950 e. The van der Waals surface area contributed by atoms with Gasteiger partial charge in [-0.25, -0.2) is 0 Å². The number of hydrogen-bond donors (Lipinski definition) is 1. The minimum absolute atomic E-state index is 0.0998. The molecule has 1 aromatic rings. The largest absolute Gasteiger partial charge is 0.382 e. The molecule has 4 nitrogen and oxygen atoms in total. The van der Waals surface area contributed by atoms with Crippen molar-refractivity contribution in [3.8, 4) is 0 Å². The van der Waals surface area contributed by atoms with Crippen LogP contribution in [0.4, 0.5) is 0 Å². The highest BCUT2D eigenvalue weighted by Gasteiger charge is 2.22. The van der Waals surface area contributed by atoms with Crippen molar-refractivity contribution < 1.29 is 14.2 Å². The molecule has 4 heteroatoms. The van der Waals surface area contributed by atoms with E-state index >= 15 is 0 Å². The Morgan fingerprint density at radius 3 is 2.55 bits per heavy atom. The van der Waals surface area contributed by atoms with Crippen LogP contribution in [0.1, 0.15) is 24.5 Å². The lowest BCUT2D eigenvalue weighted by molar-refractivity contribution is -0.00697. The predicted molar refractivity (Wildman–Crippen MR) is 78.9 cm³/mol. The van der Waals surface area contributed by atoms with Gasteiger partial charge in [-0.3, -0.25) is 0 Å². The highest BCUT2D eigenvalue weighted by atomic mass is 16.5. The van der Waals surface area contributed by atoms with Crippen LogP contribution >= 0.6 is 0 Å². The fraction of sp³-hybridized carbons (Fsp3) is 0.625. The number of nitrogens with one attached hydrogen (secondary N) is 1. The molecule has 1 unspecified atom stereocenters. The van der Waals surface area contributed by atoms with Gasteiger partial charge in [0.15, 0.2) is 0 Å². The second kappa shape index (κ2) is 9.08. The molecule has 0 amide bonds. The SMILES string of the molecule is COCCOCCOC(CNC1CC1)c1ccccc1. The number of ether oxygens (including phenoxy) is 3. The molecule has 1 aliphatic carbocycles. The summed E-state index contributed by atoms with van der Waals surface area (Å²) in [5.41, 5.74) is 1.22. The predicted octanol–water partition coefficient (Wildman–Crippen LogP) is 2.16. The monoisotopic (exact) mass is 279 g/mol. The van der Waals surface area contributed by atoms with Gasteiger partial charge in [-0.1, -0.05) is 30.3 Å². The van der Waals surface area contributed by atoms with Gasteiger partial charge in [-0.05, 0) is 18.4 Å². The fourth-order valence-corrected chi connectivity index (χ4v) is 2.00. The van der Waals surface area contributed by atoms with E-state index in [2.05, 4.69) is 29.6 Å². The van der Waals surface area contributed by atoms with E-state index in [-0.39, 0.29) is 6.10 Å². The first-order chi connectivity index (χ1) is 9.90. The third-order valence-electron chi connectivity index (χ3n) is 3.32. The van der Waals surface area contributed by atoms with Gasteiger partial charge in [0.1, 0.15) is 0 Å². The van der Waals surface area contributed by atoms with E-state index < -0.39 is 0 Å². The minimum atomic E-state index is 0.0998. The second-order valence-corrected chi connectivity index (χ2v) is 5.06. The molecule has 0 saturated heterocycles. The van der Waals surface area contributed by atoms with Crippen molar-refractivity contribution in [3.63, 3.8) is 0 Å². The Balaban J connectivity index is 1.71. The molecular weight excluding hydrogens is 254 g/mol. The zero-order valence-corrected chi connectivity index (χ0v) is 12.2. The van der Waals surface area contributed by atoms with Gasteiger partial charge in [0.05, 0.1) is 32.5 Å². The topological polar surface area (TPSA) is 39.7 Å². The highest BCUT2D eigenvalue weighted by molar-refractivity contribution is 5.18. The molecule has 0 radical (unpaired) electrons. The molecule has 0 aromatic heterocycles. The summed E-state index contributed by atoms with van der Waals surface area (Å²) in [6, 6.07) is 11.1. The first-order valence-corrected chi connectivity index (χ1v) is 7.36. The first kappa shape index (κ1) is 15.4. The number of methoxy groups -OCH3 is 1. The molecule has 1 fully saturated rings. The van der Waals surface area contributed by atoms with E-state index in [1.54, 1.807) is 7.11 Å². The van der Waals surface area contributed by atoms with Crippen molar-refractivity contribution in [3.05, 3.63) is 35.9 Å².